The van der Waals surface area contributed by atoms with Crippen molar-refractivity contribution in [2.24, 2.45) is 0 Å². The lowest BCUT2D eigenvalue weighted by Crippen LogP contribution is -2.32. The maximum Gasteiger partial charge on any atom is 0.387 e. The van der Waals surface area contributed by atoms with Gasteiger partial charge < -0.3 is 15.4 Å². The average molecular weight is 355 g/mol. The first-order valence-electron chi connectivity index (χ1n) is 6.82. The highest BCUT2D eigenvalue weighted by Crippen LogP contribution is 2.17. The van der Waals surface area contributed by atoms with Crippen molar-refractivity contribution in [2.75, 3.05) is 11.9 Å². The molecule has 24 heavy (non-hydrogen) atoms. The van der Waals surface area contributed by atoms with Crippen molar-refractivity contribution in [3.8, 4) is 5.75 Å². The first-order chi connectivity index (χ1) is 11.4. The molecule has 2 amide bonds. The third-order valence-electron chi connectivity index (χ3n) is 2.86. The number of carbonyl (C=O) groups excluding carboxylic acids is 2. The monoisotopic (exact) mass is 354 g/mol. The van der Waals surface area contributed by atoms with Gasteiger partial charge in [0, 0.05) is 16.3 Å². The summed E-state index contributed by atoms with van der Waals surface area (Å²) in [7, 11) is 0. The Bertz CT molecular complexity index is 724. The third-order valence-corrected chi connectivity index (χ3v) is 3.09. The number of hydrogen-bond acceptors (Lipinski definition) is 3. The third kappa shape index (κ3) is 5.51. The van der Waals surface area contributed by atoms with Crippen molar-refractivity contribution in [3.63, 3.8) is 0 Å². The quantitative estimate of drug-likeness (QED) is 0.836. The highest BCUT2D eigenvalue weighted by atomic mass is 35.5. The molecular weight excluding hydrogens is 342 g/mol. The van der Waals surface area contributed by atoms with Gasteiger partial charge in [0.2, 0.25) is 5.91 Å². The molecule has 5 nitrogen and oxygen atoms in total. The molecule has 0 heterocycles. The molecule has 0 radical (unpaired) electrons. The maximum atomic E-state index is 12.0. The molecule has 0 aliphatic rings. The summed E-state index contributed by atoms with van der Waals surface area (Å²) in [6, 6.07) is 11.7. The van der Waals surface area contributed by atoms with Gasteiger partial charge in [-0.25, -0.2) is 0 Å². The van der Waals surface area contributed by atoms with Crippen LogP contribution in [-0.2, 0) is 4.79 Å². The predicted octanol–water partition coefficient (Wildman–Crippen LogP) is 3.31. The second-order valence-corrected chi connectivity index (χ2v) is 5.08. The van der Waals surface area contributed by atoms with Crippen LogP contribution in [0.1, 0.15) is 10.4 Å². The van der Waals surface area contributed by atoms with Gasteiger partial charge in [0.05, 0.1) is 6.54 Å². The van der Waals surface area contributed by atoms with Crippen molar-refractivity contribution in [1.29, 1.82) is 0 Å². The van der Waals surface area contributed by atoms with Gasteiger partial charge in [-0.3, -0.25) is 9.59 Å². The van der Waals surface area contributed by atoms with E-state index in [2.05, 4.69) is 15.4 Å². The van der Waals surface area contributed by atoms with Crippen LogP contribution in [0.25, 0.3) is 0 Å². The number of halogens is 3. The van der Waals surface area contributed by atoms with E-state index in [1.165, 1.54) is 30.3 Å². The number of hydrogen-bond donors (Lipinski definition) is 2. The minimum Gasteiger partial charge on any atom is -0.435 e. The van der Waals surface area contributed by atoms with Crippen LogP contribution in [0.4, 0.5) is 14.5 Å². The van der Waals surface area contributed by atoms with Crippen LogP contribution in [0.2, 0.25) is 5.02 Å². The average Bonchev–Trinajstić information content (AvgIpc) is 2.54. The molecular formula is C16H13ClF2N2O3. The Hall–Kier alpha value is -2.67. The van der Waals surface area contributed by atoms with E-state index in [1.807, 2.05) is 0 Å². The molecule has 0 saturated carbocycles. The topological polar surface area (TPSA) is 67.4 Å². The Morgan fingerprint density at radius 1 is 1.12 bits per heavy atom. The largest absolute Gasteiger partial charge is 0.435 e. The fourth-order valence-corrected chi connectivity index (χ4v) is 2.01. The van der Waals surface area contributed by atoms with Crippen LogP contribution >= 0.6 is 11.6 Å². The molecule has 0 bridgehead atoms. The van der Waals surface area contributed by atoms with Gasteiger partial charge >= 0.3 is 6.61 Å². The Morgan fingerprint density at radius 3 is 2.46 bits per heavy atom. The van der Waals surface area contributed by atoms with Crippen molar-refractivity contribution < 1.29 is 23.1 Å². The van der Waals surface area contributed by atoms with Gasteiger partial charge in [-0.05, 0) is 42.5 Å². The fraction of sp³-hybridized carbons (Fsp3) is 0.125. The van der Waals surface area contributed by atoms with Gasteiger partial charge in [0.25, 0.3) is 5.91 Å². The molecule has 2 rings (SSSR count). The lowest BCUT2D eigenvalue weighted by atomic mass is 10.2. The molecule has 0 unspecified atom stereocenters. The van der Waals surface area contributed by atoms with Crippen LogP contribution in [0, 0.1) is 0 Å². The van der Waals surface area contributed by atoms with Crippen molar-refractivity contribution in [2.45, 2.75) is 6.61 Å². The van der Waals surface area contributed by atoms with Crippen LogP contribution in [0.15, 0.2) is 48.5 Å². The molecule has 0 atom stereocenters. The zero-order valence-electron chi connectivity index (χ0n) is 12.3. The number of carbonyl (C=O) groups is 2. The predicted molar refractivity (Wildman–Crippen MR) is 85.5 cm³/mol. The summed E-state index contributed by atoms with van der Waals surface area (Å²) < 4.78 is 28.3. The molecule has 8 heteroatoms. The summed E-state index contributed by atoms with van der Waals surface area (Å²) in [5.74, 6) is -0.918. The Kier molecular flexibility index (Phi) is 6.08. The Balaban J connectivity index is 1.83. The van der Waals surface area contributed by atoms with E-state index in [4.69, 9.17) is 11.6 Å². The lowest BCUT2D eigenvalue weighted by Gasteiger charge is -2.08. The maximum absolute atomic E-state index is 12.0. The molecule has 0 spiro atoms. The van der Waals surface area contributed by atoms with Crippen LogP contribution in [0.5, 0.6) is 5.75 Å². The number of anilines is 1. The Labute approximate surface area is 141 Å². The number of ether oxygens (including phenoxy) is 1. The minimum absolute atomic E-state index is 0.0164. The molecule has 126 valence electrons. The minimum atomic E-state index is -2.91. The van der Waals surface area contributed by atoms with E-state index in [9.17, 15) is 18.4 Å². The van der Waals surface area contributed by atoms with Gasteiger partial charge in [-0.2, -0.15) is 8.78 Å². The van der Waals surface area contributed by atoms with Crippen LogP contribution in [-0.4, -0.2) is 25.0 Å². The summed E-state index contributed by atoms with van der Waals surface area (Å²) in [5.41, 5.74) is 0.724. The SMILES string of the molecule is O=C(CNC(=O)c1cccc(Cl)c1)Nc1ccc(OC(F)F)cc1. The summed E-state index contributed by atoms with van der Waals surface area (Å²) in [6.07, 6.45) is 0. The Morgan fingerprint density at radius 2 is 1.83 bits per heavy atom. The molecule has 0 saturated heterocycles. The van der Waals surface area contributed by atoms with Gasteiger partial charge in [-0.15, -0.1) is 0 Å². The number of rotatable bonds is 6. The zero-order chi connectivity index (χ0) is 17.5. The number of alkyl halides is 2. The summed E-state index contributed by atoms with van der Waals surface area (Å²) in [4.78, 5) is 23.6. The van der Waals surface area contributed by atoms with Crippen LogP contribution in [0.3, 0.4) is 0 Å². The number of nitrogens with one attached hydrogen (secondary N) is 2. The molecule has 2 aromatic carbocycles. The van der Waals surface area contributed by atoms with Gasteiger partial charge in [-0.1, -0.05) is 17.7 Å². The first-order valence-corrected chi connectivity index (χ1v) is 7.20. The number of benzene rings is 2. The van der Waals surface area contributed by atoms with E-state index in [-0.39, 0.29) is 12.3 Å². The normalized spacial score (nSPS) is 10.3. The lowest BCUT2D eigenvalue weighted by molar-refractivity contribution is -0.115. The summed E-state index contributed by atoms with van der Waals surface area (Å²) in [5, 5.41) is 5.38. The van der Waals surface area contributed by atoms with E-state index in [1.54, 1.807) is 18.2 Å². The summed E-state index contributed by atoms with van der Waals surface area (Å²) >= 11 is 5.79. The molecule has 2 aromatic rings. The molecule has 0 aromatic heterocycles. The standard InChI is InChI=1S/C16H13ClF2N2O3/c17-11-3-1-2-10(8-11)15(23)20-9-14(22)21-12-4-6-13(7-5-12)24-16(18)19/h1-8,16H,9H2,(H,20,23)(H,21,22). The van der Waals surface area contributed by atoms with E-state index in [0.717, 1.165) is 0 Å². The van der Waals surface area contributed by atoms with Crippen LogP contribution < -0.4 is 15.4 Å². The second kappa shape index (κ2) is 8.26. The van der Waals surface area contributed by atoms with E-state index < -0.39 is 18.4 Å². The van der Waals surface area contributed by atoms with E-state index >= 15 is 0 Å². The molecule has 0 fully saturated rings. The summed E-state index contributed by atoms with van der Waals surface area (Å²) in [6.45, 7) is -3.16. The van der Waals surface area contributed by atoms with Gasteiger partial charge in [0.1, 0.15) is 5.75 Å². The highest BCUT2D eigenvalue weighted by molar-refractivity contribution is 6.31. The number of amides is 2. The van der Waals surface area contributed by atoms with Crippen molar-refractivity contribution in [3.05, 3.63) is 59.1 Å². The van der Waals surface area contributed by atoms with Crippen molar-refractivity contribution >= 4 is 29.1 Å². The smallest absolute Gasteiger partial charge is 0.387 e. The molecule has 2 N–H and O–H groups in total. The highest BCUT2D eigenvalue weighted by Gasteiger charge is 2.09. The molecule has 0 aliphatic heterocycles. The van der Waals surface area contributed by atoms with E-state index in [0.29, 0.717) is 16.3 Å². The first kappa shape index (κ1) is 17.7. The fourth-order valence-electron chi connectivity index (χ4n) is 1.82. The second-order valence-electron chi connectivity index (χ2n) is 4.64. The van der Waals surface area contributed by atoms with Gasteiger partial charge in [0.15, 0.2) is 0 Å². The van der Waals surface area contributed by atoms with Crippen molar-refractivity contribution in [1.82, 2.24) is 5.32 Å². The molecule has 0 aliphatic carbocycles. The zero-order valence-corrected chi connectivity index (χ0v) is 13.0.